The highest BCUT2D eigenvalue weighted by Crippen LogP contribution is 2.25. The maximum atomic E-state index is 13.7. The fourth-order valence-electron chi connectivity index (χ4n) is 3.64. The Morgan fingerprint density at radius 3 is 2.81 bits per heavy atom. The van der Waals surface area contributed by atoms with E-state index in [1.165, 1.54) is 12.1 Å². The molecule has 0 spiro atoms. The van der Waals surface area contributed by atoms with Crippen molar-refractivity contribution in [2.45, 2.75) is 19.5 Å². The van der Waals surface area contributed by atoms with Crippen LogP contribution < -0.4 is 10.7 Å². The van der Waals surface area contributed by atoms with Crippen molar-refractivity contribution in [2.75, 3.05) is 13.1 Å². The molecule has 138 valence electrons. The number of carbonyl (C=O) groups is 1. The van der Waals surface area contributed by atoms with Crippen LogP contribution in [0.25, 0.3) is 10.9 Å². The van der Waals surface area contributed by atoms with Crippen molar-refractivity contribution in [1.82, 2.24) is 15.2 Å². The first-order valence-corrected chi connectivity index (χ1v) is 8.91. The highest BCUT2D eigenvalue weighted by atomic mass is 19.1. The third-order valence-corrected chi connectivity index (χ3v) is 4.89. The second-order valence-electron chi connectivity index (χ2n) is 6.93. The van der Waals surface area contributed by atoms with Crippen LogP contribution in [-0.2, 0) is 11.3 Å². The quantitative estimate of drug-likeness (QED) is 0.750. The predicted octanol–water partition coefficient (Wildman–Crippen LogP) is 2.65. The first-order valence-electron chi connectivity index (χ1n) is 8.91. The molecule has 2 N–H and O–H groups in total. The van der Waals surface area contributed by atoms with Gasteiger partial charge in [0.2, 0.25) is 5.91 Å². The van der Waals surface area contributed by atoms with E-state index in [0.29, 0.717) is 30.6 Å². The minimum atomic E-state index is -0.591. The van der Waals surface area contributed by atoms with E-state index in [1.54, 1.807) is 18.2 Å². The first kappa shape index (κ1) is 17.4. The average Bonchev–Trinajstić information content (AvgIpc) is 2.62. The van der Waals surface area contributed by atoms with E-state index in [9.17, 15) is 14.0 Å². The molecule has 0 radical (unpaired) electrons. The number of nitrogens with zero attached hydrogens (tertiary/aromatic N) is 1. The lowest BCUT2D eigenvalue weighted by atomic mass is 10.0. The lowest BCUT2D eigenvalue weighted by Gasteiger charge is -2.35. The fourth-order valence-corrected chi connectivity index (χ4v) is 3.64. The molecule has 1 aliphatic rings. The van der Waals surface area contributed by atoms with Crippen molar-refractivity contribution in [3.05, 3.63) is 81.4 Å². The standard InChI is InChI=1S/C21H20FN3O2/c1-13-5-6-18-17(9-13)19(26)11-16(24-18)12-25-8-7-23-21(27)20(25)14-3-2-4-15(22)10-14/h2-6,9-11,20H,7-8,12H2,1H3,(H,23,27)(H,24,26)/t20-/m1/s1. The van der Waals surface area contributed by atoms with Gasteiger partial charge in [0.1, 0.15) is 11.9 Å². The van der Waals surface area contributed by atoms with Gasteiger partial charge in [0.05, 0.1) is 0 Å². The van der Waals surface area contributed by atoms with E-state index in [4.69, 9.17) is 0 Å². The van der Waals surface area contributed by atoms with Crippen molar-refractivity contribution in [3.8, 4) is 0 Å². The monoisotopic (exact) mass is 365 g/mol. The van der Waals surface area contributed by atoms with Crippen molar-refractivity contribution in [2.24, 2.45) is 0 Å². The van der Waals surface area contributed by atoms with E-state index in [0.717, 1.165) is 16.8 Å². The van der Waals surface area contributed by atoms with Crippen LogP contribution in [0.1, 0.15) is 22.9 Å². The van der Waals surface area contributed by atoms with Crippen LogP contribution in [0.5, 0.6) is 0 Å². The summed E-state index contributed by atoms with van der Waals surface area (Å²) < 4.78 is 13.7. The number of amides is 1. The average molecular weight is 365 g/mol. The smallest absolute Gasteiger partial charge is 0.242 e. The number of benzene rings is 2. The molecule has 1 atom stereocenters. The van der Waals surface area contributed by atoms with Crippen LogP contribution in [0, 0.1) is 12.7 Å². The topological polar surface area (TPSA) is 65.2 Å². The predicted molar refractivity (Wildman–Crippen MR) is 102 cm³/mol. The van der Waals surface area contributed by atoms with Gasteiger partial charge in [-0.3, -0.25) is 14.5 Å². The molecule has 3 aromatic rings. The van der Waals surface area contributed by atoms with Gasteiger partial charge in [0, 0.05) is 42.3 Å². The molecular formula is C21H20FN3O2. The summed E-state index contributed by atoms with van der Waals surface area (Å²) in [6.07, 6.45) is 0. The number of pyridine rings is 1. The Kier molecular flexibility index (Phi) is 4.49. The number of nitrogens with one attached hydrogen (secondary N) is 2. The Morgan fingerprint density at radius 1 is 1.15 bits per heavy atom. The van der Waals surface area contributed by atoms with Crippen LogP contribution in [0.3, 0.4) is 0 Å². The Hall–Kier alpha value is -2.99. The molecular weight excluding hydrogens is 345 g/mol. The summed E-state index contributed by atoms with van der Waals surface area (Å²) in [5, 5.41) is 3.49. The van der Waals surface area contributed by atoms with Crippen molar-refractivity contribution in [3.63, 3.8) is 0 Å². The van der Waals surface area contributed by atoms with Gasteiger partial charge in [0.25, 0.3) is 0 Å². The van der Waals surface area contributed by atoms with E-state index in [-0.39, 0.29) is 17.2 Å². The number of aromatic nitrogens is 1. The number of rotatable bonds is 3. The Morgan fingerprint density at radius 2 is 2.00 bits per heavy atom. The normalized spacial score (nSPS) is 17.9. The lowest BCUT2D eigenvalue weighted by Crippen LogP contribution is -2.49. The van der Waals surface area contributed by atoms with Crippen molar-refractivity contribution >= 4 is 16.8 Å². The third kappa shape index (κ3) is 3.48. The minimum Gasteiger partial charge on any atom is -0.357 e. The molecule has 1 aliphatic heterocycles. The van der Waals surface area contributed by atoms with Gasteiger partial charge in [-0.25, -0.2) is 4.39 Å². The summed E-state index contributed by atoms with van der Waals surface area (Å²) in [6.45, 7) is 3.47. The van der Waals surface area contributed by atoms with Gasteiger partial charge < -0.3 is 10.3 Å². The van der Waals surface area contributed by atoms with Gasteiger partial charge in [0.15, 0.2) is 5.43 Å². The molecule has 1 saturated heterocycles. The summed E-state index contributed by atoms with van der Waals surface area (Å²) in [7, 11) is 0. The number of halogens is 1. The van der Waals surface area contributed by atoms with Gasteiger partial charge in [-0.1, -0.05) is 23.8 Å². The second-order valence-corrected chi connectivity index (χ2v) is 6.93. The summed E-state index contributed by atoms with van der Waals surface area (Å²) in [5.74, 6) is -0.536. The number of H-pyrrole nitrogens is 1. The lowest BCUT2D eigenvalue weighted by molar-refractivity contribution is -0.129. The Balaban J connectivity index is 1.69. The second kappa shape index (κ2) is 6.96. The number of aryl methyl sites for hydroxylation is 1. The third-order valence-electron chi connectivity index (χ3n) is 4.89. The number of hydrogen-bond donors (Lipinski definition) is 2. The number of piperazine rings is 1. The number of carbonyl (C=O) groups excluding carboxylic acids is 1. The van der Waals surface area contributed by atoms with Crippen LogP contribution >= 0.6 is 0 Å². The maximum Gasteiger partial charge on any atom is 0.242 e. The zero-order valence-electron chi connectivity index (χ0n) is 15.0. The van der Waals surface area contributed by atoms with E-state index in [1.807, 2.05) is 30.0 Å². The molecule has 0 unspecified atom stereocenters. The van der Waals surface area contributed by atoms with E-state index >= 15 is 0 Å². The molecule has 0 bridgehead atoms. The number of aromatic amines is 1. The molecule has 0 aliphatic carbocycles. The highest BCUT2D eigenvalue weighted by Gasteiger charge is 2.31. The molecule has 6 heteroatoms. The SMILES string of the molecule is Cc1ccc2[nH]c(CN3CCNC(=O)[C@H]3c3cccc(F)c3)cc(=O)c2c1. The van der Waals surface area contributed by atoms with E-state index < -0.39 is 6.04 Å². The largest absolute Gasteiger partial charge is 0.357 e. The van der Waals surface area contributed by atoms with Crippen LogP contribution in [0.4, 0.5) is 4.39 Å². The molecule has 4 rings (SSSR count). The zero-order chi connectivity index (χ0) is 19.0. The maximum absolute atomic E-state index is 13.7. The van der Waals surface area contributed by atoms with Crippen LogP contribution in [0.15, 0.2) is 53.3 Å². The zero-order valence-corrected chi connectivity index (χ0v) is 15.0. The molecule has 1 fully saturated rings. The van der Waals surface area contributed by atoms with Crippen LogP contribution in [0.2, 0.25) is 0 Å². The van der Waals surface area contributed by atoms with Gasteiger partial charge in [-0.05, 0) is 36.8 Å². The van der Waals surface area contributed by atoms with Crippen molar-refractivity contribution < 1.29 is 9.18 Å². The minimum absolute atomic E-state index is 0.0498. The molecule has 27 heavy (non-hydrogen) atoms. The number of hydrogen-bond acceptors (Lipinski definition) is 3. The molecule has 1 aromatic heterocycles. The summed E-state index contributed by atoms with van der Waals surface area (Å²) in [5.41, 5.74) is 3.08. The molecule has 2 heterocycles. The molecule has 2 aromatic carbocycles. The van der Waals surface area contributed by atoms with Gasteiger partial charge >= 0.3 is 0 Å². The molecule has 5 nitrogen and oxygen atoms in total. The van der Waals surface area contributed by atoms with Crippen molar-refractivity contribution in [1.29, 1.82) is 0 Å². The van der Waals surface area contributed by atoms with Gasteiger partial charge in [-0.2, -0.15) is 0 Å². The summed E-state index contributed by atoms with van der Waals surface area (Å²) in [4.78, 5) is 30.2. The highest BCUT2D eigenvalue weighted by molar-refractivity contribution is 5.84. The van der Waals surface area contributed by atoms with Crippen LogP contribution in [-0.4, -0.2) is 28.9 Å². The van der Waals surface area contributed by atoms with Gasteiger partial charge in [-0.15, -0.1) is 0 Å². The molecule has 1 amide bonds. The Bertz CT molecular complexity index is 1080. The summed E-state index contributed by atoms with van der Waals surface area (Å²) >= 11 is 0. The Labute approximate surface area is 155 Å². The summed E-state index contributed by atoms with van der Waals surface area (Å²) in [6, 6.07) is 12.8. The first-order chi connectivity index (χ1) is 13.0. The molecule has 0 saturated carbocycles. The number of fused-ring (bicyclic) bond motifs is 1. The fraction of sp³-hybridized carbons (Fsp3) is 0.238. The van der Waals surface area contributed by atoms with E-state index in [2.05, 4.69) is 10.3 Å².